The molecule has 0 aromatic rings. The lowest BCUT2D eigenvalue weighted by Crippen LogP contribution is -1.94. The van der Waals surface area contributed by atoms with Gasteiger partial charge < -0.3 is 14.7 Å². The summed E-state index contributed by atoms with van der Waals surface area (Å²) in [6.45, 7) is 5.91. The molecule has 166 valence electrons. The van der Waals surface area contributed by atoms with Crippen LogP contribution in [0.3, 0.4) is 0 Å². The first-order valence-corrected chi connectivity index (χ1v) is 12.9. The Balaban J connectivity index is 2.23. The van der Waals surface area contributed by atoms with E-state index in [9.17, 15) is 14.0 Å². The molecule has 0 amide bonds. The zero-order chi connectivity index (χ0) is 21.9. The molecule has 9 heteroatoms. The van der Waals surface area contributed by atoms with E-state index in [-0.39, 0.29) is 6.61 Å². The zero-order valence-corrected chi connectivity index (χ0v) is 19.3. The van der Waals surface area contributed by atoms with Gasteiger partial charge in [0.2, 0.25) is 0 Å². The van der Waals surface area contributed by atoms with Gasteiger partial charge in [-0.3, -0.25) is 4.52 Å². The molecule has 0 aliphatic heterocycles. The fourth-order valence-electron chi connectivity index (χ4n) is 2.61. The van der Waals surface area contributed by atoms with Gasteiger partial charge in [0.25, 0.3) is 0 Å². The number of phosphoric acid groups is 2. The summed E-state index contributed by atoms with van der Waals surface area (Å²) < 4.78 is 30.1. The van der Waals surface area contributed by atoms with Crippen LogP contribution in [0.1, 0.15) is 72.1 Å². The maximum Gasteiger partial charge on any atom is 0.481 e. The lowest BCUT2D eigenvalue weighted by molar-refractivity contribution is 0.191. The highest BCUT2D eigenvalue weighted by molar-refractivity contribution is 7.60. The number of phosphoric ester groups is 1. The second kappa shape index (κ2) is 12.8. The average molecular weight is 448 g/mol. The van der Waals surface area contributed by atoms with Gasteiger partial charge in [0.15, 0.2) is 0 Å². The zero-order valence-electron chi connectivity index (χ0n) is 17.5. The van der Waals surface area contributed by atoms with E-state index in [4.69, 9.17) is 9.79 Å². The molecule has 0 radical (unpaired) electrons. The number of hydrogen-bond acceptors (Lipinski definition) is 4. The van der Waals surface area contributed by atoms with Crippen molar-refractivity contribution in [1.29, 1.82) is 0 Å². The summed E-state index contributed by atoms with van der Waals surface area (Å²) in [7, 11) is -9.85. The summed E-state index contributed by atoms with van der Waals surface area (Å²) >= 11 is 0. The first kappa shape index (κ1) is 26.3. The standard InChI is InChI=1S/C20H34O7P2/c1-17(7-4-8-18(2)11-6-12-20-13-14-20)9-5-10-19(3)15-16-26-29(24,25)27-28(21,22)23/h8-9,12,15H,4-7,10-11,13-14,16H2,1-3H3,(H,24,25)(H2,21,22,23)/b17-9+,18-8+,19-15+. The topological polar surface area (TPSA) is 113 Å². The molecule has 1 aliphatic rings. The molecule has 29 heavy (non-hydrogen) atoms. The molecule has 1 fully saturated rings. The van der Waals surface area contributed by atoms with Crippen molar-refractivity contribution in [2.45, 2.75) is 72.1 Å². The highest BCUT2D eigenvalue weighted by Gasteiger charge is 2.31. The molecular formula is C20H34O7P2. The van der Waals surface area contributed by atoms with E-state index in [0.29, 0.717) is 0 Å². The summed E-state index contributed by atoms with van der Waals surface area (Å²) in [5.74, 6) is 0. The summed E-state index contributed by atoms with van der Waals surface area (Å²) in [4.78, 5) is 26.2. The lowest BCUT2D eigenvalue weighted by Gasteiger charge is -2.11. The van der Waals surface area contributed by atoms with Crippen LogP contribution in [0.2, 0.25) is 0 Å². The third kappa shape index (κ3) is 15.7. The number of rotatable bonds is 14. The van der Waals surface area contributed by atoms with Crippen molar-refractivity contribution in [3.8, 4) is 0 Å². The van der Waals surface area contributed by atoms with Crippen molar-refractivity contribution in [3.05, 3.63) is 46.6 Å². The van der Waals surface area contributed by atoms with Crippen LogP contribution in [0, 0.1) is 0 Å². The van der Waals surface area contributed by atoms with E-state index in [0.717, 1.165) is 44.1 Å². The van der Waals surface area contributed by atoms with Crippen molar-refractivity contribution in [3.63, 3.8) is 0 Å². The molecule has 0 saturated heterocycles. The molecule has 0 aromatic heterocycles. The molecule has 1 unspecified atom stereocenters. The molecule has 3 N–H and O–H groups in total. The fourth-order valence-corrected chi connectivity index (χ4v) is 4.14. The SMILES string of the molecule is C/C(=C\CC/C(C)=C/CC/C(C)=C/COP(=O)(O)OP(=O)(O)O)CCC=C1CC1. The van der Waals surface area contributed by atoms with Gasteiger partial charge in [-0.2, -0.15) is 4.31 Å². The average Bonchev–Trinajstić information content (AvgIpc) is 3.36. The van der Waals surface area contributed by atoms with Crippen molar-refractivity contribution < 1.29 is 32.6 Å². The van der Waals surface area contributed by atoms with E-state index in [1.54, 1.807) is 11.6 Å². The van der Waals surface area contributed by atoms with Gasteiger partial charge >= 0.3 is 15.6 Å². The molecule has 7 nitrogen and oxygen atoms in total. The third-order valence-corrected chi connectivity index (χ3v) is 6.60. The first-order valence-electron chi connectivity index (χ1n) is 9.86. The lowest BCUT2D eigenvalue weighted by atomic mass is 10.0. The summed E-state index contributed by atoms with van der Waals surface area (Å²) in [5, 5.41) is 0. The molecule has 1 aliphatic carbocycles. The van der Waals surface area contributed by atoms with E-state index in [1.807, 2.05) is 6.92 Å². The Bertz CT molecular complexity index is 738. The van der Waals surface area contributed by atoms with Crippen LogP contribution < -0.4 is 0 Å². The van der Waals surface area contributed by atoms with Gasteiger partial charge in [0, 0.05) is 0 Å². The first-order chi connectivity index (χ1) is 13.5. The number of allylic oxidation sites excluding steroid dienone is 7. The molecule has 1 saturated carbocycles. The van der Waals surface area contributed by atoms with Crippen molar-refractivity contribution in [2.75, 3.05) is 6.61 Å². The van der Waals surface area contributed by atoms with E-state index >= 15 is 0 Å². The Morgan fingerprint density at radius 2 is 1.34 bits per heavy atom. The van der Waals surface area contributed by atoms with Crippen LogP contribution in [0.4, 0.5) is 0 Å². The van der Waals surface area contributed by atoms with E-state index in [1.165, 1.54) is 24.0 Å². The van der Waals surface area contributed by atoms with Gasteiger partial charge in [0.05, 0.1) is 6.61 Å². The van der Waals surface area contributed by atoms with Gasteiger partial charge in [-0.05, 0) is 72.1 Å². The predicted molar refractivity (Wildman–Crippen MR) is 115 cm³/mol. The molecule has 0 aromatic carbocycles. The van der Waals surface area contributed by atoms with Gasteiger partial charge in [-0.25, -0.2) is 9.13 Å². The molecule has 0 spiro atoms. The van der Waals surface area contributed by atoms with Crippen LogP contribution in [0.25, 0.3) is 0 Å². The number of hydrogen-bond donors (Lipinski definition) is 3. The van der Waals surface area contributed by atoms with Gasteiger partial charge in [-0.1, -0.05) is 46.6 Å². The van der Waals surface area contributed by atoms with E-state index in [2.05, 4.69) is 40.9 Å². The van der Waals surface area contributed by atoms with Crippen LogP contribution in [-0.2, 0) is 18.0 Å². The Hall–Kier alpha value is -0.780. The van der Waals surface area contributed by atoms with Crippen molar-refractivity contribution in [1.82, 2.24) is 0 Å². The second-order valence-corrected chi connectivity index (χ2v) is 10.3. The normalized spacial score (nSPS) is 18.0. The minimum Gasteiger partial charge on any atom is -0.302 e. The predicted octanol–water partition coefficient (Wildman–Crippen LogP) is 6.11. The van der Waals surface area contributed by atoms with E-state index < -0.39 is 15.6 Å². The fraction of sp³-hybridized carbons (Fsp3) is 0.600. The highest BCUT2D eigenvalue weighted by Crippen LogP contribution is 2.57. The molecule has 0 heterocycles. The minimum absolute atomic E-state index is 0.261. The Labute approximate surface area is 174 Å². The van der Waals surface area contributed by atoms with Crippen molar-refractivity contribution >= 4 is 15.6 Å². The summed E-state index contributed by atoms with van der Waals surface area (Å²) in [5.41, 5.74) is 5.32. The van der Waals surface area contributed by atoms with Crippen LogP contribution in [0.5, 0.6) is 0 Å². The molecule has 1 atom stereocenters. The highest BCUT2D eigenvalue weighted by atomic mass is 31.3. The van der Waals surface area contributed by atoms with Gasteiger partial charge in [-0.15, -0.1) is 0 Å². The second-order valence-electron chi connectivity index (χ2n) is 7.47. The largest absolute Gasteiger partial charge is 0.481 e. The van der Waals surface area contributed by atoms with Crippen LogP contribution in [0.15, 0.2) is 46.6 Å². The Morgan fingerprint density at radius 1 is 0.862 bits per heavy atom. The maximum absolute atomic E-state index is 11.3. The molecular weight excluding hydrogens is 414 g/mol. The molecule has 0 bridgehead atoms. The maximum atomic E-state index is 11.3. The summed E-state index contributed by atoms with van der Waals surface area (Å²) in [6.07, 6.45) is 17.0. The molecule has 1 rings (SSSR count). The monoisotopic (exact) mass is 448 g/mol. The van der Waals surface area contributed by atoms with Gasteiger partial charge in [0.1, 0.15) is 0 Å². The smallest absolute Gasteiger partial charge is 0.302 e. The van der Waals surface area contributed by atoms with Crippen LogP contribution in [-0.4, -0.2) is 21.3 Å². The quantitative estimate of drug-likeness (QED) is 0.217. The summed E-state index contributed by atoms with van der Waals surface area (Å²) in [6, 6.07) is 0. The minimum atomic E-state index is -5.08. The Morgan fingerprint density at radius 3 is 1.83 bits per heavy atom. The third-order valence-electron chi connectivity index (χ3n) is 4.45. The Kier molecular flexibility index (Phi) is 11.6. The van der Waals surface area contributed by atoms with Crippen molar-refractivity contribution in [2.24, 2.45) is 0 Å². The van der Waals surface area contributed by atoms with Crippen LogP contribution >= 0.6 is 15.6 Å².